The molecule has 2 aromatic heterocycles. The van der Waals surface area contributed by atoms with E-state index in [-0.39, 0.29) is 5.92 Å². The molecule has 2 heterocycles. The number of aromatic nitrogens is 2. The van der Waals surface area contributed by atoms with Crippen LogP contribution >= 0.6 is 0 Å². The third kappa shape index (κ3) is 3.22. The highest BCUT2D eigenvalue weighted by Crippen LogP contribution is 2.44. The van der Waals surface area contributed by atoms with Crippen molar-refractivity contribution < 1.29 is 0 Å². The van der Waals surface area contributed by atoms with Gasteiger partial charge in [-0.25, -0.2) is 4.98 Å². The summed E-state index contributed by atoms with van der Waals surface area (Å²) in [6.45, 7) is 4.46. The lowest BCUT2D eigenvalue weighted by molar-refractivity contribution is 0.774. The maximum absolute atomic E-state index is 5.29. The van der Waals surface area contributed by atoms with Crippen molar-refractivity contribution in [1.82, 2.24) is 9.38 Å². The number of fused-ring (bicyclic) bond motifs is 3. The molecule has 2 nitrogen and oxygen atoms in total. The molecule has 0 aliphatic carbocycles. The third-order valence-corrected chi connectivity index (χ3v) is 6.49. The summed E-state index contributed by atoms with van der Waals surface area (Å²) in [4.78, 5) is 5.29. The molecule has 2 heteroatoms. The second-order valence-corrected chi connectivity index (χ2v) is 9.02. The van der Waals surface area contributed by atoms with E-state index in [1.165, 1.54) is 38.7 Å². The predicted molar refractivity (Wildman–Crippen MR) is 143 cm³/mol. The van der Waals surface area contributed by atoms with Crippen molar-refractivity contribution in [2.45, 2.75) is 19.8 Å². The summed E-state index contributed by atoms with van der Waals surface area (Å²) in [5.41, 5.74) is 8.19. The molecule has 0 bridgehead atoms. The first-order chi connectivity index (χ1) is 16.7. The molecule has 0 atom stereocenters. The fraction of sp³-hybridized carbons (Fsp3) is 0.0938. The van der Waals surface area contributed by atoms with Gasteiger partial charge in [-0.2, -0.15) is 0 Å². The fourth-order valence-corrected chi connectivity index (χ4v) is 5.01. The van der Waals surface area contributed by atoms with Crippen molar-refractivity contribution in [3.05, 3.63) is 121 Å². The van der Waals surface area contributed by atoms with Crippen LogP contribution in [-0.2, 0) is 0 Å². The van der Waals surface area contributed by atoms with Gasteiger partial charge in [0.1, 0.15) is 5.82 Å². The maximum Gasteiger partial charge on any atom is 0.117 e. The molecule has 0 N–H and O–H groups in total. The van der Waals surface area contributed by atoms with Gasteiger partial charge in [-0.3, -0.25) is 4.40 Å². The molecule has 0 radical (unpaired) electrons. The first-order valence-electron chi connectivity index (χ1n) is 11.9. The quantitative estimate of drug-likeness (QED) is 0.269. The average molecular weight is 439 g/mol. The van der Waals surface area contributed by atoms with Crippen LogP contribution in [0.25, 0.3) is 49.9 Å². The van der Waals surface area contributed by atoms with E-state index in [0.29, 0.717) is 0 Å². The molecule has 0 aliphatic heterocycles. The molecule has 34 heavy (non-hydrogen) atoms. The minimum Gasteiger partial charge on any atom is -0.294 e. The normalized spacial score (nSPS) is 11.5. The van der Waals surface area contributed by atoms with E-state index in [2.05, 4.69) is 134 Å². The zero-order valence-electron chi connectivity index (χ0n) is 19.4. The van der Waals surface area contributed by atoms with E-state index in [0.717, 1.165) is 17.1 Å². The molecule has 6 aromatic rings. The largest absolute Gasteiger partial charge is 0.294 e. The van der Waals surface area contributed by atoms with E-state index in [4.69, 9.17) is 4.98 Å². The molecule has 6 rings (SSSR count). The average Bonchev–Trinajstić information content (AvgIpc) is 3.30. The smallest absolute Gasteiger partial charge is 0.117 e. The van der Waals surface area contributed by atoms with Crippen LogP contribution in [0.3, 0.4) is 0 Å². The van der Waals surface area contributed by atoms with Crippen LogP contribution in [0.2, 0.25) is 0 Å². The number of pyridine rings is 1. The number of imidazole rings is 1. The van der Waals surface area contributed by atoms with Gasteiger partial charge in [-0.15, -0.1) is 0 Å². The Bertz CT molecular complexity index is 1600. The van der Waals surface area contributed by atoms with Crippen LogP contribution in [0.15, 0.2) is 115 Å². The second kappa shape index (κ2) is 8.31. The van der Waals surface area contributed by atoms with Crippen LogP contribution in [0, 0.1) is 0 Å². The summed E-state index contributed by atoms with van der Waals surface area (Å²) in [6, 6.07) is 40.8. The van der Waals surface area contributed by atoms with Crippen molar-refractivity contribution in [3.63, 3.8) is 0 Å². The standard InChI is InChI=1S/C32H26N2/c1-22(2)32-33-29(24-16-8-4-9-17-24)31-27-21-13-12-20-26(27)28(23-14-6-3-7-15-23)30(34(31)32)25-18-10-5-11-19-25/h3-22H,1-2H3. The highest BCUT2D eigenvalue weighted by atomic mass is 15.0. The number of hydrogen-bond donors (Lipinski definition) is 0. The molecule has 0 amide bonds. The lowest BCUT2D eigenvalue weighted by atomic mass is 9.92. The van der Waals surface area contributed by atoms with Gasteiger partial charge in [-0.05, 0) is 16.5 Å². The van der Waals surface area contributed by atoms with Crippen LogP contribution in [0.5, 0.6) is 0 Å². The number of rotatable bonds is 4. The SMILES string of the molecule is CC(C)c1nc(-c2ccccc2)c2c3ccccc3c(-c3ccccc3)c(-c3ccccc3)n12. The molecule has 0 aliphatic rings. The summed E-state index contributed by atoms with van der Waals surface area (Å²) >= 11 is 0. The van der Waals surface area contributed by atoms with E-state index < -0.39 is 0 Å². The van der Waals surface area contributed by atoms with E-state index in [1.807, 2.05) is 0 Å². The minimum atomic E-state index is 0.261. The summed E-state index contributed by atoms with van der Waals surface area (Å²) < 4.78 is 2.42. The van der Waals surface area contributed by atoms with Gasteiger partial charge >= 0.3 is 0 Å². The number of benzene rings is 4. The van der Waals surface area contributed by atoms with Crippen molar-refractivity contribution in [2.24, 2.45) is 0 Å². The Morgan fingerprint density at radius 2 is 1.06 bits per heavy atom. The topological polar surface area (TPSA) is 17.3 Å². The Morgan fingerprint density at radius 1 is 0.559 bits per heavy atom. The molecular weight excluding hydrogens is 412 g/mol. The molecule has 0 fully saturated rings. The highest BCUT2D eigenvalue weighted by molar-refractivity contribution is 6.12. The first-order valence-corrected chi connectivity index (χ1v) is 11.9. The molecular formula is C32H26N2. The zero-order chi connectivity index (χ0) is 23.1. The summed E-state index contributed by atoms with van der Waals surface area (Å²) in [5, 5.41) is 2.46. The van der Waals surface area contributed by atoms with Gasteiger partial charge in [0, 0.05) is 22.4 Å². The van der Waals surface area contributed by atoms with E-state index >= 15 is 0 Å². The molecule has 0 saturated carbocycles. The molecule has 4 aromatic carbocycles. The molecule has 0 spiro atoms. The van der Waals surface area contributed by atoms with Crippen molar-refractivity contribution in [2.75, 3.05) is 0 Å². The molecule has 164 valence electrons. The number of nitrogens with zero attached hydrogens (tertiary/aromatic N) is 2. The van der Waals surface area contributed by atoms with Gasteiger partial charge in [0.2, 0.25) is 0 Å². The Labute approximate surface area is 200 Å². The Hall–Kier alpha value is -4.17. The predicted octanol–water partition coefficient (Wildman–Crippen LogP) is 8.61. The summed E-state index contributed by atoms with van der Waals surface area (Å²) in [6.07, 6.45) is 0. The third-order valence-electron chi connectivity index (χ3n) is 6.49. The lowest BCUT2D eigenvalue weighted by Gasteiger charge is -2.20. The lowest BCUT2D eigenvalue weighted by Crippen LogP contribution is -2.03. The van der Waals surface area contributed by atoms with E-state index in [9.17, 15) is 0 Å². The van der Waals surface area contributed by atoms with Crippen LogP contribution in [0.4, 0.5) is 0 Å². The van der Waals surface area contributed by atoms with Crippen LogP contribution in [-0.4, -0.2) is 9.38 Å². The molecule has 0 saturated heterocycles. The highest BCUT2D eigenvalue weighted by Gasteiger charge is 2.24. The van der Waals surface area contributed by atoms with Gasteiger partial charge in [0.15, 0.2) is 0 Å². The van der Waals surface area contributed by atoms with Gasteiger partial charge in [-0.1, -0.05) is 129 Å². The Morgan fingerprint density at radius 3 is 1.65 bits per heavy atom. The Kier molecular flexibility index (Phi) is 5.00. The van der Waals surface area contributed by atoms with E-state index in [1.54, 1.807) is 0 Å². The van der Waals surface area contributed by atoms with Gasteiger partial charge < -0.3 is 0 Å². The van der Waals surface area contributed by atoms with Gasteiger partial charge in [0.05, 0.1) is 16.9 Å². The Balaban J connectivity index is 1.90. The van der Waals surface area contributed by atoms with Gasteiger partial charge in [0.25, 0.3) is 0 Å². The molecule has 0 unspecified atom stereocenters. The second-order valence-electron chi connectivity index (χ2n) is 9.02. The van der Waals surface area contributed by atoms with Crippen molar-refractivity contribution in [3.8, 4) is 33.6 Å². The summed E-state index contributed by atoms with van der Waals surface area (Å²) in [7, 11) is 0. The van der Waals surface area contributed by atoms with Crippen molar-refractivity contribution in [1.29, 1.82) is 0 Å². The minimum absolute atomic E-state index is 0.261. The summed E-state index contributed by atoms with van der Waals surface area (Å²) in [5.74, 6) is 1.34. The van der Waals surface area contributed by atoms with Crippen LogP contribution < -0.4 is 0 Å². The first kappa shape index (κ1) is 20.4. The van der Waals surface area contributed by atoms with Crippen LogP contribution in [0.1, 0.15) is 25.6 Å². The fourth-order valence-electron chi connectivity index (χ4n) is 5.01. The monoisotopic (exact) mass is 438 g/mol. The van der Waals surface area contributed by atoms with Crippen molar-refractivity contribution >= 4 is 16.3 Å². The number of hydrogen-bond acceptors (Lipinski definition) is 1. The maximum atomic E-state index is 5.29. The zero-order valence-corrected chi connectivity index (χ0v) is 19.4.